The van der Waals surface area contributed by atoms with E-state index in [0.29, 0.717) is 0 Å². The molecule has 14 heavy (non-hydrogen) atoms. The van der Waals surface area contributed by atoms with Crippen LogP contribution in [0, 0.1) is 5.92 Å². The number of halogens is 3. The SMILES string of the molecule is CC(C)[C@H](NC(O)C(F)(F)F)C(=O)O. The minimum absolute atomic E-state index is 0.551. The highest BCUT2D eigenvalue weighted by molar-refractivity contribution is 5.73. The maximum absolute atomic E-state index is 11.8. The number of hydrogen-bond acceptors (Lipinski definition) is 3. The summed E-state index contributed by atoms with van der Waals surface area (Å²) in [4.78, 5) is 10.5. The number of aliphatic carboxylic acids is 1. The lowest BCUT2D eigenvalue weighted by molar-refractivity contribution is -0.217. The highest BCUT2D eigenvalue weighted by Crippen LogP contribution is 2.19. The molecule has 0 aliphatic carbocycles. The van der Waals surface area contributed by atoms with Gasteiger partial charge < -0.3 is 10.2 Å². The molecule has 0 aliphatic heterocycles. The summed E-state index contributed by atoms with van der Waals surface area (Å²) in [7, 11) is 0. The molecular weight excluding hydrogens is 203 g/mol. The molecule has 84 valence electrons. The smallest absolute Gasteiger partial charge is 0.427 e. The van der Waals surface area contributed by atoms with Gasteiger partial charge >= 0.3 is 12.1 Å². The van der Waals surface area contributed by atoms with Crippen LogP contribution in [-0.4, -0.2) is 34.6 Å². The third kappa shape index (κ3) is 3.93. The van der Waals surface area contributed by atoms with Crippen molar-refractivity contribution in [3.05, 3.63) is 0 Å². The second-order valence-corrected chi connectivity index (χ2v) is 3.17. The number of nitrogens with one attached hydrogen (secondary N) is 1. The Morgan fingerprint density at radius 3 is 2.00 bits per heavy atom. The zero-order chi connectivity index (χ0) is 11.5. The molecule has 0 bridgehead atoms. The monoisotopic (exact) mass is 215 g/mol. The summed E-state index contributed by atoms with van der Waals surface area (Å²) in [5.74, 6) is -1.98. The van der Waals surface area contributed by atoms with Gasteiger partial charge in [-0.3, -0.25) is 10.1 Å². The first-order valence-corrected chi connectivity index (χ1v) is 3.90. The van der Waals surface area contributed by atoms with E-state index in [2.05, 4.69) is 0 Å². The van der Waals surface area contributed by atoms with Crippen molar-refractivity contribution in [3.8, 4) is 0 Å². The second kappa shape index (κ2) is 4.61. The quantitative estimate of drug-likeness (QED) is 0.599. The van der Waals surface area contributed by atoms with E-state index >= 15 is 0 Å². The first-order valence-electron chi connectivity index (χ1n) is 3.90. The first kappa shape index (κ1) is 13.2. The van der Waals surface area contributed by atoms with Crippen LogP contribution in [0.5, 0.6) is 0 Å². The molecule has 0 aromatic heterocycles. The van der Waals surface area contributed by atoms with Crippen LogP contribution in [0.4, 0.5) is 13.2 Å². The highest BCUT2D eigenvalue weighted by Gasteiger charge is 2.41. The molecule has 0 amide bonds. The summed E-state index contributed by atoms with van der Waals surface area (Å²) in [5.41, 5.74) is 0. The summed E-state index contributed by atoms with van der Waals surface area (Å²) >= 11 is 0. The number of carboxylic acids is 1. The van der Waals surface area contributed by atoms with Gasteiger partial charge in [-0.1, -0.05) is 13.8 Å². The van der Waals surface area contributed by atoms with Crippen molar-refractivity contribution in [1.29, 1.82) is 0 Å². The van der Waals surface area contributed by atoms with E-state index in [1.54, 1.807) is 5.32 Å². The Labute approximate surface area is 78.7 Å². The molecule has 0 saturated carbocycles. The van der Waals surface area contributed by atoms with Gasteiger partial charge in [0, 0.05) is 0 Å². The number of rotatable bonds is 4. The maximum atomic E-state index is 11.8. The van der Waals surface area contributed by atoms with E-state index < -0.39 is 30.3 Å². The topological polar surface area (TPSA) is 69.6 Å². The van der Waals surface area contributed by atoms with Crippen molar-refractivity contribution in [3.63, 3.8) is 0 Å². The first-order chi connectivity index (χ1) is 6.16. The Hall–Kier alpha value is -0.820. The molecule has 0 spiro atoms. The molecule has 0 saturated heterocycles. The van der Waals surface area contributed by atoms with Gasteiger partial charge in [-0.05, 0) is 5.92 Å². The lowest BCUT2D eigenvalue weighted by Crippen LogP contribution is -2.52. The predicted molar refractivity (Wildman–Crippen MR) is 41.5 cm³/mol. The average molecular weight is 215 g/mol. The van der Waals surface area contributed by atoms with Crippen LogP contribution < -0.4 is 5.32 Å². The van der Waals surface area contributed by atoms with E-state index in [-0.39, 0.29) is 0 Å². The van der Waals surface area contributed by atoms with Crippen LogP contribution in [0.15, 0.2) is 0 Å². The molecule has 0 heterocycles. The van der Waals surface area contributed by atoms with Crippen molar-refractivity contribution < 1.29 is 28.2 Å². The van der Waals surface area contributed by atoms with Gasteiger partial charge in [0.1, 0.15) is 6.04 Å². The van der Waals surface area contributed by atoms with Crippen molar-refractivity contribution in [2.24, 2.45) is 5.92 Å². The van der Waals surface area contributed by atoms with Crippen LogP contribution in [0.1, 0.15) is 13.8 Å². The normalized spacial score (nSPS) is 16.8. The van der Waals surface area contributed by atoms with Crippen molar-refractivity contribution >= 4 is 5.97 Å². The lowest BCUT2D eigenvalue weighted by atomic mass is 10.0. The largest absolute Gasteiger partial charge is 0.480 e. The van der Waals surface area contributed by atoms with Crippen molar-refractivity contribution in [2.75, 3.05) is 0 Å². The van der Waals surface area contributed by atoms with Crippen molar-refractivity contribution in [2.45, 2.75) is 32.3 Å². The fourth-order valence-electron chi connectivity index (χ4n) is 0.813. The predicted octanol–water partition coefficient (Wildman–Crippen LogP) is 0.566. The van der Waals surface area contributed by atoms with Gasteiger partial charge in [-0.25, -0.2) is 0 Å². The summed E-state index contributed by atoms with van der Waals surface area (Å²) < 4.78 is 35.5. The Bertz CT molecular complexity index is 205. The minimum Gasteiger partial charge on any atom is -0.480 e. The minimum atomic E-state index is -4.86. The maximum Gasteiger partial charge on any atom is 0.427 e. The summed E-state index contributed by atoms with van der Waals surface area (Å²) in [5, 5.41) is 18.7. The fraction of sp³-hybridized carbons (Fsp3) is 0.857. The van der Waals surface area contributed by atoms with E-state index in [1.165, 1.54) is 13.8 Å². The fourth-order valence-corrected chi connectivity index (χ4v) is 0.813. The summed E-state index contributed by atoms with van der Waals surface area (Å²) in [6.45, 7) is 2.88. The number of carbonyl (C=O) groups is 1. The Morgan fingerprint density at radius 1 is 1.36 bits per heavy atom. The number of aliphatic hydroxyl groups excluding tert-OH is 1. The molecule has 0 aliphatic rings. The van der Waals surface area contributed by atoms with Crippen LogP contribution in [0.25, 0.3) is 0 Å². The summed E-state index contributed by atoms with van der Waals surface area (Å²) in [6.07, 6.45) is -7.67. The van der Waals surface area contributed by atoms with Crippen LogP contribution in [0.3, 0.4) is 0 Å². The Balaban J connectivity index is 4.39. The third-order valence-corrected chi connectivity index (χ3v) is 1.58. The third-order valence-electron chi connectivity index (χ3n) is 1.58. The zero-order valence-corrected chi connectivity index (χ0v) is 7.67. The van der Waals surface area contributed by atoms with E-state index in [1.807, 2.05) is 0 Å². The van der Waals surface area contributed by atoms with Crippen molar-refractivity contribution in [1.82, 2.24) is 5.32 Å². The van der Waals surface area contributed by atoms with Crippen LogP contribution in [0.2, 0.25) is 0 Å². The molecule has 0 rings (SSSR count). The van der Waals surface area contributed by atoms with Gasteiger partial charge in [-0.15, -0.1) is 0 Å². The average Bonchev–Trinajstić information content (AvgIpc) is 1.96. The molecular formula is C7H12F3NO3. The molecule has 3 N–H and O–H groups in total. The van der Waals surface area contributed by atoms with E-state index in [9.17, 15) is 18.0 Å². The van der Waals surface area contributed by atoms with Gasteiger partial charge in [0.15, 0.2) is 0 Å². The Morgan fingerprint density at radius 2 is 1.79 bits per heavy atom. The molecule has 1 unspecified atom stereocenters. The number of alkyl halides is 3. The molecule has 2 atom stereocenters. The highest BCUT2D eigenvalue weighted by atomic mass is 19.4. The van der Waals surface area contributed by atoms with Crippen LogP contribution >= 0.6 is 0 Å². The second-order valence-electron chi connectivity index (χ2n) is 3.17. The van der Waals surface area contributed by atoms with Gasteiger partial charge in [-0.2, -0.15) is 13.2 Å². The van der Waals surface area contributed by atoms with Gasteiger partial charge in [0.2, 0.25) is 6.23 Å². The lowest BCUT2D eigenvalue weighted by Gasteiger charge is -2.23. The molecule has 0 fully saturated rings. The van der Waals surface area contributed by atoms with Crippen LogP contribution in [-0.2, 0) is 4.79 Å². The molecule has 0 aromatic carbocycles. The Kier molecular flexibility index (Phi) is 4.34. The molecule has 0 aromatic rings. The van der Waals surface area contributed by atoms with Gasteiger partial charge in [0.25, 0.3) is 0 Å². The molecule has 0 radical (unpaired) electrons. The molecule has 7 heteroatoms. The summed E-state index contributed by atoms with van der Waals surface area (Å²) in [6, 6.07) is -1.42. The number of aliphatic hydroxyl groups is 1. The number of hydrogen-bond donors (Lipinski definition) is 3. The zero-order valence-electron chi connectivity index (χ0n) is 7.67. The van der Waals surface area contributed by atoms with E-state index in [0.717, 1.165) is 0 Å². The standard InChI is InChI=1S/C7H12F3NO3/c1-3(2)4(5(12)13)11-6(14)7(8,9)10/h3-4,6,11,14H,1-2H3,(H,12,13)/t4-,6?/m0/s1. The van der Waals surface area contributed by atoms with E-state index in [4.69, 9.17) is 10.2 Å². The number of carboxylic acid groups (broad SMARTS) is 1. The molecule has 4 nitrogen and oxygen atoms in total. The van der Waals surface area contributed by atoms with Gasteiger partial charge in [0.05, 0.1) is 0 Å².